The van der Waals surface area contributed by atoms with Gasteiger partial charge in [-0.2, -0.15) is 5.10 Å². The summed E-state index contributed by atoms with van der Waals surface area (Å²) in [4.78, 5) is 14.6. The van der Waals surface area contributed by atoms with Gasteiger partial charge in [0, 0.05) is 51.6 Å². The van der Waals surface area contributed by atoms with E-state index in [9.17, 15) is 4.79 Å². The summed E-state index contributed by atoms with van der Waals surface area (Å²) in [7, 11) is 3.57. The highest BCUT2D eigenvalue weighted by Crippen LogP contribution is 2.32. The van der Waals surface area contributed by atoms with Crippen LogP contribution in [0, 0.1) is 0 Å². The Morgan fingerprint density at radius 2 is 2.35 bits per heavy atom. The molecule has 2 saturated heterocycles. The normalized spacial score (nSPS) is 27.8. The van der Waals surface area contributed by atoms with Gasteiger partial charge in [-0.25, -0.2) is 0 Å². The predicted molar refractivity (Wildman–Crippen MR) is 84.8 cm³/mol. The molecular formula is C16H26N4O3. The molecule has 2 aliphatic rings. The number of hydrogen-bond acceptors (Lipinski definition) is 5. The van der Waals surface area contributed by atoms with Crippen LogP contribution in [0.5, 0.6) is 0 Å². The van der Waals surface area contributed by atoms with Gasteiger partial charge in [-0.05, 0) is 19.3 Å². The molecule has 0 bridgehead atoms. The molecule has 3 heterocycles. The molecule has 3 atom stereocenters. The van der Waals surface area contributed by atoms with E-state index in [1.807, 2.05) is 17.9 Å². The van der Waals surface area contributed by atoms with Crippen molar-refractivity contribution in [1.82, 2.24) is 20.0 Å². The van der Waals surface area contributed by atoms with Crippen LogP contribution in [0.4, 0.5) is 0 Å². The van der Waals surface area contributed by atoms with E-state index in [1.54, 1.807) is 7.11 Å². The van der Waals surface area contributed by atoms with Gasteiger partial charge in [0.1, 0.15) is 6.10 Å². The highest BCUT2D eigenvalue weighted by Gasteiger charge is 2.41. The van der Waals surface area contributed by atoms with Gasteiger partial charge in [0.2, 0.25) is 5.91 Å². The lowest BCUT2D eigenvalue weighted by molar-refractivity contribution is -0.144. The summed E-state index contributed by atoms with van der Waals surface area (Å²) in [5.74, 6) is -0.00814. The molecule has 0 aromatic carbocycles. The van der Waals surface area contributed by atoms with E-state index in [4.69, 9.17) is 9.47 Å². The first-order valence-corrected chi connectivity index (χ1v) is 8.31. The molecule has 23 heavy (non-hydrogen) atoms. The molecule has 7 heteroatoms. The maximum Gasteiger partial charge on any atom is 0.249 e. The lowest BCUT2D eigenvalue weighted by Crippen LogP contribution is -2.48. The Morgan fingerprint density at radius 3 is 3.09 bits per heavy atom. The third kappa shape index (κ3) is 3.91. The molecular weight excluding hydrogens is 296 g/mol. The SMILES string of the molecule is COCCNC(=O)[C@H]1CC[C@H]2[C@H](CCN2Cc2cnn(C)c2)O1. The monoisotopic (exact) mass is 322 g/mol. The fourth-order valence-corrected chi connectivity index (χ4v) is 3.58. The largest absolute Gasteiger partial charge is 0.383 e. The van der Waals surface area contributed by atoms with Crippen LogP contribution in [-0.4, -0.2) is 65.6 Å². The Morgan fingerprint density at radius 1 is 1.48 bits per heavy atom. The molecule has 3 rings (SSSR count). The number of likely N-dealkylation sites (tertiary alicyclic amines) is 1. The van der Waals surface area contributed by atoms with Gasteiger partial charge in [-0.3, -0.25) is 14.4 Å². The summed E-state index contributed by atoms with van der Waals surface area (Å²) in [6, 6.07) is 0.415. The van der Waals surface area contributed by atoms with Gasteiger partial charge < -0.3 is 14.8 Å². The average Bonchev–Trinajstić information content (AvgIpc) is 3.14. The molecule has 1 aromatic rings. The fourth-order valence-electron chi connectivity index (χ4n) is 3.58. The number of hydrogen-bond donors (Lipinski definition) is 1. The van der Waals surface area contributed by atoms with Crippen LogP contribution in [0.3, 0.4) is 0 Å². The zero-order valence-electron chi connectivity index (χ0n) is 13.9. The first-order valence-electron chi connectivity index (χ1n) is 8.31. The van der Waals surface area contributed by atoms with Gasteiger partial charge in [-0.1, -0.05) is 0 Å². The second kappa shape index (κ2) is 7.42. The summed E-state index contributed by atoms with van der Waals surface area (Å²) in [6.07, 6.45) is 6.61. The van der Waals surface area contributed by atoms with Crippen molar-refractivity contribution < 1.29 is 14.3 Å². The van der Waals surface area contributed by atoms with Gasteiger partial charge >= 0.3 is 0 Å². The lowest BCUT2D eigenvalue weighted by atomic mass is 9.98. The minimum Gasteiger partial charge on any atom is -0.383 e. The van der Waals surface area contributed by atoms with Crippen molar-refractivity contribution in [2.45, 2.75) is 44.1 Å². The van der Waals surface area contributed by atoms with Crippen LogP contribution in [0.2, 0.25) is 0 Å². The van der Waals surface area contributed by atoms with Crippen LogP contribution in [-0.2, 0) is 27.9 Å². The number of rotatable bonds is 6. The first kappa shape index (κ1) is 16.4. The van der Waals surface area contributed by atoms with Gasteiger partial charge in [-0.15, -0.1) is 0 Å². The minimum atomic E-state index is -0.313. The molecule has 1 amide bonds. The highest BCUT2D eigenvalue weighted by molar-refractivity contribution is 5.80. The van der Waals surface area contributed by atoms with Crippen LogP contribution in [0.15, 0.2) is 12.4 Å². The number of aryl methyl sites for hydroxylation is 1. The number of aromatic nitrogens is 2. The fraction of sp³-hybridized carbons (Fsp3) is 0.750. The van der Waals surface area contributed by atoms with Crippen molar-refractivity contribution in [2.24, 2.45) is 7.05 Å². The number of carbonyl (C=O) groups is 1. The smallest absolute Gasteiger partial charge is 0.249 e. The lowest BCUT2D eigenvalue weighted by Gasteiger charge is -2.35. The van der Waals surface area contributed by atoms with Crippen LogP contribution in [0.25, 0.3) is 0 Å². The van der Waals surface area contributed by atoms with Crippen molar-refractivity contribution in [2.75, 3.05) is 26.8 Å². The molecule has 2 fully saturated rings. The topological polar surface area (TPSA) is 68.6 Å². The number of fused-ring (bicyclic) bond motifs is 1. The molecule has 7 nitrogen and oxygen atoms in total. The van der Waals surface area contributed by atoms with Crippen molar-refractivity contribution in [3.8, 4) is 0 Å². The third-order valence-electron chi connectivity index (χ3n) is 4.70. The molecule has 2 aliphatic heterocycles. The molecule has 1 N–H and O–H groups in total. The zero-order valence-corrected chi connectivity index (χ0v) is 13.9. The number of ether oxygens (including phenoxy) is 2. The zero-order chi connectivity index (χ0) is 16.2. The molecule has 0 spiro atoms. The maximum atomic E-state index is 12.1. The second-order valence-corrected chi connectivity index (χ2v) is 6.37. The van der Waals surface area contributed by atoms with Gasteiger partial charge in [0.05, 0.1) is 18.9 Å². The van der Waals surface area contributed by atoms with Crippen molar-refractivity contribution in [3.63, 3.8) is 0 Å². The molecule has 0 radical (unpaired) electrons. The highest BCUT2D eigenvalue weighted by atomic mass is 16.5. The average molecular weight is 322 g/mol. The van der Waals surface area contributed by atoms with E-state index in [-0.39, 0.29) is 18.1 Å². The Kier molecular flexibility index (Phi) is 5.30. The van der Waals surface area contributed by atoms with Crippen LogP contribution >= 0.6 is 0 Å². The van der Waals surface area contributed by atoms with E-state index < -0.39 is 0 Å². The number of methoxy groups -OCH3 is 1. The van der Waals surface area contributed by atoms with E-state index >= 15 is 0 Å². The number of amides is 1. The summed E-state index contributed by atoms with van der Waals surface area (Å²) in [5.41, 5.74) is 1.23. The van der Waals surface area contributed by atoms with Crippen molar-refractivity contribution in [3.05, 3.63) is 18.0 Å². The molecule has 128 valence electrons. The van der Waals surface area contributed by atoms with E-state index in [2.05, 4.69) is 21.5 Å². The Labute approximate surface area is 136 Å². The quantitative estimate of drug-likeness (QED) is 0.763. The second-order valence-electron chi connectivity index (χ2n) is 6.37. The Balaban J connectivity index is 1.50. The minimum absolute atomic E-state index is 0.00814. The molecule has 0 unspecified atom stereocenters. The van der Waals surface area contributed by atoms with E-state index in [0.717, 1.165) is 32.4 Å². The molecule has 0 saturated carbocycles. The Hall–Kier alpha value is -1.44. The predicted octanol–water partition coefficient (Wildman–Crippen LogP) is 0.305. The van der Waals surface area contributed by atoms with Gasteiger partial charge in [0.15, 0.2) is 0 Å². The third-order valence-corrected chi connectivity index (χ3v) is 4.70. The first-order chi connectivity index (χ1) is 11.2. The van der Waals surface area contributed by atoms with Crippen LogP contribution < -0.4 is 5.32 Å². The Bertz CT molecular complexity index is 533. The van der Waals surface area contributed by atoms with E-state index in [0.29, 0.717) is 19.2 Å². The molecule has 0 aliphatic carbocycles. The summed E-state index contributed by atoms with van der Waals surface area (Å²) < 4.78 is 12.8. The summed E-state index contributed by atoms with van der Waals surface area (Å²) in [5, 5.41) is 7.10. The van der Waals surface area contributed by atoms with Crippen molar-refractivity contribution in [1.29, 1.82) is 0 Å². The number of nitrogens with zero attached hydrogens (tertiary/aromatic N) is 3. The van der Waals surface area contributed by atoms with Crippen LogP contribution in [0.1, 0.15) is 24.8 Å². The molecule has 1 aromatic heterocycles. The summed E-state index contributed by atoms with van der Waals surface area (Å²) in [6.45, 7) is 2.99. The van der Waals surface area contributed by atoms with E-state index in [1.165, 1.54) is 5.56 Å². The standard InChI is InChI=1S/C16H26N4O3/c1-19-10-12(9-18-19)11-20-7-5-14-13(20)3-4-15(23-14)16(21)17-6-8-22-2/h9-10,13-15H,3-8,11H2,1-2H3,(H,17,21)/t13-,14-,15+/m0/s1. The number of nitrogens with one attached hydrogen (secondary N) is 1. The van der Waals surface area contributed by atoms with Gasteiger partial charge in [0.25, 0.3) is 0 Å². The van der Waals surface area contributed by atoms with Crippen molar-refractivity contribution >= 4 is 5.91 Å². The maximum absolute atomic E-state index is 12.1. The summed E-state index contributed by atoms with van der Waals surface area (Å²) >= 11 is 0. The number of carbonyl (C=O) groups excluding carboxylic acids is 1.